The van der Waals surface area contributed by atoms with Crippen LogP contribution in [0, 0.1) is 18.6 Å². The molecule has 0 aliphatic rings. The zero-order valence-electron chi connectivity index (χ0n) is 9.32. The van der Waals surface area contributed by atoms with E-state index in [2.05, 4.69) is 0 Å². The molecule has 0 bridgehead atoms. The first-order valence-electron chi connectivity index (χ1n) is 4.65. The van der Waals surface area contributed by atoms with Gasteiger partial charge in [0, 0.05) is 0 Å². The van der Waals surface area contributed by atoms with E-state index < -0.39 is 20.0 Å². The molecule has 1 rings (SSSR count). The number of hydrogen-bond donors (Lipinski definition) is 1. The monoisotopic (exact) mass is 231 g/mol. The average molecular weight is 231 g/mol. The molecule has 2 N–H and O–H groups in total. The maximum Gasteiger partial charge on any atom is 0.242 e. The third kappa shape index (κ3) is 2.68. The lowest BCUT2D eigenvalue weighted by atomic mass is 10.2. The molecule has 84 valence electrons. The molecule has 5 heteroatoms. The molecule has 1 aromatic carbocycles. The first-order valence-corrected chi connectivity index (χ1v) is 8.06. The maximum atomic E-state index is 13.5. The fourth-order valence-electron chi connectivity index (χ4n) is 1.17. The van der Waals surface area contributed by atoms with Gasteiger partial charge in [0.05, 0.1) is 0 Å². The number of halogens is 2. The van der Waals surface area contributed by atoms with Gasteiger partial charge in [0.1, 0.15) is 5.69 Å². The predicted octanol–water partition coefficient (Wildman–Crippen LogP) is 3.07. The summed E-state index contributed by atoms with van der Waals surface area (Å²) >= 11 is 0. The summed E-state index contributed by atoms with van der Waals surface area (Å²) in [5, 5.41) is 0. The average Bonchev–Trinajstić information content (AvgIpc) is 2.07. The largest absolute Gasteiger partial charge is 0.541 e. The van der Waals surface area contributed by atoms with E-state index in [9.17, 15) is 8.78 Å². The Morgan fingerprint density at radius 3 is 2.27 bits per heavy atom. The number of nitrogen functional groups attached to an aromatic ring is 1. The van der Waals surface area contributed by atoms with Crippen LogP contribution >= 0.6 is 0 Å². The molecule has 0 amide bonds. The Labute approximate surface area is 89.2 Å². The minimum absolute atomic E-state index is 0.155. The second-order valence-electron chi connectivity index (χ2n) is 4.45. The van der Waals surface area contributed by atoms with Gasteiger partial charge in [0.25, 0.3) is 0 Å². The molecule has 0 saturated heterocycles. The lowest BCUT2D eigenvalue weighted by molar-refractivity contribution is 0.489. The molecule has 0 radical (unpaired) electrons. The Balaban J connectivity index is 3.24. The molecule has 0 heterocycles. The molecule has 0 aliphatic heterocycles. The van der Waals surface area contributed by atoms with E-state index in [0.29, 0.717) is 0 Å². The van der Waals surface area contributed by atoms with Crippen LogP contribution in [0.25, 0.3) is 0 Å². The van der Waals surface area contributed by atoms with Crippen molar-refractivity contribution in [1.82, 2.24) is 0 Å². The summed E-state index contributed by atoms with van der Waals surface area (Å²) < 4.78 is 32.3. The number of nitrogens with two attached hydrogens (primary N) is 1. The van der Waals surface area contributed by atoms with Gasteiger partial charge in [-0.1, -0.05) is 0 Å². The Hall–Kier alpha value is -1.10. The van der Waals surface area contributed by atoms with Gasteiger partial charge in [-0.2, -0.15) is 0 Å². The van der Waals surface area contributed by atoms with E-state index in [-0.39, 0.29) is 17.0 Å². The second-order valence-corrected chi connectivity index (χ2v) is 8.88. The van der Waals surface area contributed by atoms with E-state index in [1.165, 1.54) is 6.92 Å². The highest BCUT2D eigenvalue weighted by Gasteiger charge is 2.22. The zero-order chi connectivity index (χ0) is 11.8. The molecule has 0 spiro atoms. The number of hydrogen-bond acceptors (Lipinski definition) is 2. The van der Waals surface area contributed by atoms with Gasteiger partial charge >= 0.3 is 0 Å². The fraction of sp³-hybridized carbons (Fsp3) is 0.400. The van der Waals surface area contributed by atoms with Crippen LogP contribution in [-0.2, 0) is 0 Å². The van der Waals surface area contributed by atoms with Crippen molar-refractivity contribution in [2.75, 3.05) is 5.73 Å². The van der Waals surface area contributed by atoms with E-state index >= 15 is 0 Å². The molecule has 0 aliphatic carbocycles. The number of rotatable bonds is 2. The molecular formula is C10H15F2NOSi. The van der Waals surface area contributed by atoms with Crippen LogP contribution in [0.3, 0.4) is 0 Å². The van der Waals surface area contributed by atoms with Crippen LogP contribution in [-0.4, -0.2) is 8.32 Å². The van der Waals surface area contributed by atoms with E-state index in [0.717, 1.165) is 6.07 Å². The molecule has 0 fully saturated rings. The fourth-order valence-corrected chi connectivity index (χ4v) is 1.99. The van der Waals surface area contributed by atoms with E-state index in [1.54, 1.807) is 0 Å². The van der Waals surface area contributed by atoms with E-state index in [1.807, 2.05) is 19.6 Å². The van der Waals surface area contributed by atoms with Crippen LogP contribution in [0.2, 0.25) is 19.6 Å². The summed E-state index contributed by atoms with van der Waals surface area (Å²) in [6.07, 6.45) is 0. The van der Waals surface area contributed by atoms with Gasteiger partial charge in [0.15, 0.2) is 17.4 Å². The number of benzene rings is 1. The molecule has 0 aromatic heterocycles. The van der Waals surface area contributed by atoms with Crippen molar-refractivity contribution in [1.29, 1.82) is 0 Å². The Kier molecular flexibility index (Phi) is 3.04. The van der Waals surface area contributed by atoms with Gasteiger partial charge in [-0.25, -0.2) is 8.78 Å². The Morgan fingerprint density at radius 1 is 1.27 bits per heavy atom. The SMILES string of the molecule is Cc1cc(F)c(O[Si](C)(C)C)c(N)c1F. The Morgan fingerprint density at radius 2 is 1.80 bits per heavy atom. The second kappa shape index (κ2) is 3.81. The van der Waals surface area contributed by atoms with Gasteiger partial charge in [-0.3, -0.25) is 0 Å². The third-order valence-corrected chi connectivity index (χ3v) is 2.61. The van der Waals surface area contributed by atoms with Crippen molar-refractivity contribution in [3.63, 3.8) is 0 Å². The van der Waals surface area contributed by atoms with Crippen LogP contribution in [0.5, 0.6) is 5.75 Å². The maximum absolute atomic E-state index is 13.5. The first-order chi connectivity index (χ1) is 6.72. The van der Waals surface area contributed by atoms with Crippen molar-refractivity contribution >= 4 is 14.0 Å². The number of aryl methyl sites for hydroxylation is 1. The Bertz CT molecular complexity index is 388. The van der Waals surface area contributed by atoms with Gasteiger partial charge < -0.3 is 10.2 Å². The predicted molar refractivity (Wildman–Crippen MR) is 59.5 cm³/mol. The highest BCUT2D eigenvalue weighted by Crippen LogP contribution is 2.32. The van der Waals surface area contributed by atoms with Crippen molar-refractivity contribution in [2.45, 2.75) is 26.6 Å². The van der Waals surface area contributed by atoms with Crippen LogP contribution in [0.1, 0.15) is 5.56 Å². The summed E-state index contributed by atoms with van der Waals surface area (Å²) in [7, 11) is -1.99. The van der Waals surface area contributed by atoms with Gasteiger partial charge in [-0.15, -0.1) is 0 Å². The minimum Gasteiger partial charge on any atom is -0.541 e. The van der Waals surface area contributed by atoms with Crippen molar-refractivity contribution in [3.05, 3.63) is 23.3 Å². The van der Waals surface area contributed by atoms with Gasteiger partial charge in [0.2, 0.25) is 8.32 Å². The van der Waals surface area contributed by atoms with Crippen molar-refractivity contribution < 1.29 is 13.2 Å². The number of anilines is 1. The molecule has 0 saturated carbocycles. The summed E-state index contributed by atoms with van der Waals surface area (Å²) in [5.74, 6) is -1.37. The first kappa shape index (κ1) is 12.0. The van der Waals surface area contributed by atoms with Crippen molar-refractivity contribution in [3.8, 4) is 5.75 Å². The molecule has 0 unspecified atom stereocenters. The molecular weight excluding hydrogens is 216 g/mol. The summed E-state index contributed by atoms with van der Waals surface area (Å²) in [5.41, 5.74) is 5.42. The quantitative estimate of drug-likeness (QED) is 0.627. The molecule has 0 atom stereocenters. The standard InChI is InChI=1S/C10H15F2NOSi/c1-6-5-7(11)10(9(13)8(6)12)14-15(2,3)4/h5H,13H2,1-4H3. The molecule has 1 aromatic rings. The smallest absolute Gasteiger partial charge is 0.242 e. The highest BCUT2D eigenvalue weighted by atomic mass is 28.4. The summed E-state index contributed by atoms with van der Waals surface area (Å²) in [6, 6.07) is 1.10. The normalized spacial score (nSPS) is 11.6. The zero-order valence-corrected chi connectivity index (χ0v) is 10.3. The molecule has 2 nitrogen and oxygen atoms in total. The van der Waals surface area contributed by atoms with Crippen LogP contribution in [0.4, 0.5) is 14.5 Å². The minimum atomic E-state index is -1.99. The molecule has 15 heavy (non-hydrogen) atoms. The van der Waals surface area contributed by atoms with Crippen LogP contribution in [0.15, 0.2) is 6.07 Å². The van der Waals surface area contributed by atoms with E-state index in [4.69, 9.17) is 10.2 Å². The highest BCUT2D eigenvalue weighted by molar-refractivity contribution is 6.70. The van der Waals surface area contributed by atoms with Crippen LogP contribution < -0.4 is 10.2 Å². The summed E-state index contributed by atoms with van der Waals surface area (Å²) in [6.45, 7) is 7.10. The lowest BCUT2D eigenvalue weighted by Gasteiger charge is -2.21. The van der Waals surface area contributed by atoms with Gasteiger partial charge in [-0.05, 0) is 38.2 Å². The van der Waals surface area contributed by atoms with Crippen molar-refractivity contribution in [2.24, 2.45) is 0 Å². The lowest BCUT2D eigenvalue weighted by Crippen LogP contribution is -2.30. The summed E-state index contributed by atoms with van der Waals surface area (Å²) in [4.78, 5) is 0. The topological polar surface area (TPSA) is 35.2 Å². The third-order valence-electron chi connectivity index (χ3n) is 1.80.